The lowest BCUT2D eigenvalue weighted by Gasteiger charge is -2.14. The van der Waals surface area contributed by atoms with E-state index in [0.717, 1.165) is 38.8 Å². The lowest BCUT2D eigenvalue weighted by molar-refractivity contribution is 0.934. The molecule has 7 rings (SSSR count). The monoisotopic (exact) mass is 541 g/mol. The zero-order valence-corrected chi connectivity index (χ0v) is 23.3. The molecule has 1 N–H and O–H groups in total. The Hall–Kier alpha value is -5.66. The number of hydrogen-bond donors (Lipinski definition) is 1. The molecule has 5 aromatic carbocycles. The van der Waals surface area contributed by atoms with Crippen LogP contribution in [0.3, 0.4) is 0 Å². The number of aryl methyl sites for hydroxylation is 2. The van der Waals surface area contributed by atoms with E-state index in [-0.39, 0.29) is 5.56 Å². The average molecular weight is 542 g/mol. The molecule has 0 saturated heterocycles. The molecule has 0 atom stereocenters. The van der Waals surface area contributed by atoms with E-state index < -0.39 is 0 Å². The maximum Gasteiger partial charge on any atom is 0.266 e. The number of H-pyrrole nitrogens is 1. The SMILES string of the molecule is Cc1ccc2cc(C#Cc3ccc(-n4c(/C=C/c5c[nH]c6ccccc56)nc5ccccc5c4=O)c(C)c3)ccc2c1. The number of aromatic amines is 1. The van der Waals surface area contributed by atoms with Crippen LogP contribution in [0.25, 0.3) is 50.4 Å². The van der Waals surface area contributed by atoms with Crippen molar-refractivity contribution in [1.29, 1.82) is 0 Å². The molecule has 0 unspecified atom stereocenters. The maximum absolute atomic E-state index is 13.9. The summed E-state index contributed by atoms with van der Waals surface area (Å²) in [5.74, 6) is 7.18. The number of aromatic nitrogens is 3. The third-order valence-electron chi connectivity index (χ3n) is 7.62. The fraction of sp³-hybridized carbons (Fsp3) is 0.0526. The van der Waals surface area contributed by atoms with Crippen molar-refractivity contribution in [2.75, 3.05) is 0 Å². The Balaban J connectivity index is 1.29. The minimum absolute atomic E-state index is 0.104. The zero-order chi connectivity index (χ0) is 28.6. The second-order valence-corrected chi connectivity index (χ2v) is 10.6. The number of para-hydroxylation sites is 2. The third kappa shape index (κ3) is 4.68. The summed E-state index contributed by atoms with van der Waals surface area (Å²) in [7, 11) is 0. The van der Waals surface area contributed by atoms with Crippen LogP contribution in [-0.2, 0) is 0 Å². The summed E-state index contributed by atoms with van der Waals surface area (Å²) >= 11 is 0. The smallest absolute Gasteiger partial charge is 0.266 e. The van der Waals surface area contributed by atoms with Gasteiger partial charge in [-0.2, -0.15) is 0 Å². The van der Waals surface area contributed by atoms with Crippen LogP contribution < -0.4 is 5.56 Å². The molecule has 42 heavy (non-hydrogen) atoms. The molecule has 0 aliphatic carbocycles. The molecule has 0 radical (unpaired) electrons. The highest BCUT2D eigenvalue weighted by molar-refractivity contribution is 5.91. The van der Waals surface area contributed by atoms with E-state index in [2.05, 4.69) is 66.2 Å². The third-order valence-corrected chi connectivity index (χ3v) is 7.62. The first-order valence-corrected chi connectivity index (χ1v) is 13.9. The van der Waals surface area contributed by atoms with Gasteiger partial charge in [0.1, 0.15) is 5.82 Å². The van der Waals surface area contributed by atoms with Crippen LogP contribution in [0.2, 0.25) is 0 Å². The molecule has 2 heterocycles. The van der Waals surface area contributed by atoms with Gasteiger partial charge >= 0.3 is 0 Å². The van der Waals surface area contributed by atoms with Gasteiger partial charge in [-0.3, -0.25) is 9.36 Å². The molecule has 0 amide bonds. The first-order chi connectivity index (χ1) is 20.5. The second kappa shape index (κ2) is 10.4. The summed E-state index contributed by atoms with van der Waals surface area (Å²) in [5, 5.41) is 4.08. The number of benzene rings is 5. The normalized spacial score (nSPS) is 11.4. The van der Waals surface area contributed by atoms with Crippen molar-refractivity contribution in [1.82, 2.24) is 14.5 Å². The largest absolute Gasteiger partial charge is 0.361 e. The van der Waals surface area contributed by atoms with Crippen LogP contribution in [-0.4, -0.2) is 14.5 Å². The summed E-state index contributed by atoms with van der Waals surface area (Å²) in [5.41, 5.74) is 7.48. The fourth-order valence-corrected chi connectivity index (χ4v) is 5.46. The first-order valence-electron chi connectivity index (χ1n) is 13.9. The molecule has 0 fully saturated rings. The highest BCUT2D eigenvalue weighted by atomic mass is 16.1. The molecular formula is C38H27N3O. The highest BCUT2D eigenvalue weighted by Gasteiger charge is 2.13. The quantitative estimate of drug-likeness (QED) is 0.229. The van der Waals surface area contributed by atoms with Crippen LogP contribution >= 0.6 is 0 Å². The van der Waals surface area contributed by atoms with Crippen molar-refractivity contribution in [2.24, 2.45) is 0 Å². The number of hydrogen-bond acceptors (Lipinski definition) is 2. The van der Waals surface area contributed by atoms with Gasteiger partial charge in [0.2, 0.25) is 0 Å². The van der Waals surface area contributed by atoms with Crippen molar-refractivity contribution in [3.8, 4) is 17.5 Å². The van der Waals surface area contributed by atoms with E-state index in [1.54, 1.807) is 4.57 Å². The van der Waals surface area contributed by atoms with E-state index in [9.17, 15) is 4.79 Å². The molecule has 4 nitrogen and oxygen atoms in total. The fourth-order valence-electron chi connectivity index (χ4n) is 5.46. The molecule has 0 saturated carbocycles. The maximum atomic E-state index is 13.9. The van der Waals surface area contributed by atoms with Crippen LogP contribution in [0.4, 0.5) is 0 Å². The Morgan fingerprint density at radius 2 is 1.45 bits per heavy atom. The Bertz CT molecular complexity index is 2310. The summed E-state index contributed by atoms with van der Waals surface area (Å²) in [6, 6.07) is 34.3. The molecule has 4 heteroatoms. The number of fused-ring (bicyclic) bond motifs is 3. The Morgan fingerprint density at radius 3 is 2.31 bits per heavy atom. The second-order valence-electron chi connectivity index (χ2n) is 10.6. The van der Waals surface area contributed by atoms with Gasteiger partial charge in [0.25, 0.3) is 5.56 Å². The molecule has 0 bridgehead atoms. The average Bonchev–Trinajstić information content (AvgIpc) is 3.42. The Morgan fingerprint density at radius 1 is 0.738 bits per heavy atom. The van der Waals surface area contributed by atoms with Gasteiger partial charge in [-0.1, -0.05) is 72.0 Å². The minimum Gasteiger partial charge on any atom is -0.361 e. The lowest BCUT2D eigenvalue weighted by atomic mass is 10.0. The van der Waals surface area contributed by atoms with Gasteiger partial charge < -0.3 is 4.98 Å². The van der Waals surface area contributed by atoms with Crippen LogP contribution in [0.1, 0.15) is 33.6 Å². The Labute approximate surface area is 243 Å². The predicted molar refractivity (Wildman–Crippen MR) is 174 cm³/mol. The van der Waals surface area contributed by atoms with Crippen LogP contribution in [0, 0.1) is 25.7 Å². The number of rotatable bonds is 3. The van der Waals surface area contributed by atoms with Gasteiger partial charge in [0.05, 0.1) is 16.6 Å². The summed E-state index contributed by atoms with van der Waals surface area (Å²) < 4.78 is 1.70. The summed E-state index contributed by atoms with van der Waals surface area (Å²) in [6.07, 6.45) is 5.89. The lowest BCUT2D eigenvalue weighted by Crippen LogP contribution is -2.23. The predicted octanol–water partition coefficient (Wildman–Crippen LogP) is 8.21. The van der Waals surface area contributed by atoms with Crippen molar-refractivity contribution >= 4 is 44.7 Å². The number of nitrogens with zero attached hydrogens (tertiary/aromatic N) is 2. The van der Waals surface area contributed by atoms with Gasteiger partial charge in [-0.05, 0) is 96.4 Å². The van der Waals surface area contributed by atoms with Gasteiger partial charge in [-0.25, -0.2) is 4.98 Å². The van der Waals surface area contributed by atoms with Crippen LogP contribution in [0.15, 0.2) is 114 Å². The number of nitrogens with one attached hydrogen (secondary N) is 1. The molecule has 2 aromatic heterocycles. The Kier molecular flexibility index (Phi) is 6.26. The first kappa shape index (κ1) is 25.3. The molecule has 7 aromatic rings. The van der Waals surface area contributed by atoms with E-state index >= 15 is 0 Å². The highest BCUT2D eigenvalue weighted by Crippen LogP contribution is 2.23. The van der Waals surface area contributed by atoms with E-state index in [1.165, 1.54) is 16.3 Å². The molecule has 200 valence electrons. The molecule has 0 aliphatic heterocycles. The van der Waals surface area contributed by atoms with Crippen molar-refractivity contribution in [2.45, 2.75) is 13.8 Å². The zero-order valence-electron chi connectivity index (χ0n) is 23.3. The van der Waals surface area contributed by atoms with Gasteiger partial charge in [0, 0.05) is 28.2 Å². The topological polar surface area (TPSA) is 50.7 Å². The van der Waals surface area contributed by atoms with E-state index in [1.807, 2.05) is 85.9 Å². The van der Waals surface area contributed by atoms with Crippen molar-refractivity contribution in [3.63, 3.8) is 0 Å². The summed E-state index contributed by atoms with van der Waals surface area (Å²) in [6.45, 7) is 4.11. The van der Waals surface area contributed by atoms with Gasteiger partial charge in [0.15, 0.2) is 0 Å². The molecule has 0 aliphatic rings. The standard InChI is InChI=1S/C38H27N3O/c1-25-11-16-30-23-28(14-17-29(30)21-25)13-12-27-15-19-36(26(2)22-27)41-37(40-35-10-6-4-8-33(35)38(41)42)20-18-31-24-39-34-9-5-3-7-32(31)34/h3-11,14-24,39H,1-2H3/b20-18+. The molecule has 0 spiro atoms. The van der Waals surface area contributed by atoms with E-state index in [0.29, 0.717) is 16.7 Å². The minimum atomic E-state index is -0.104. The van der Waals surface area contributed by atoms with Crippen molar-refractivity contribution in [3.05, 3.63) is 153 Å². The van der Waals surface area contributed by atoms with E-state index in [4.69, 9.17) is 4.98 Å². The van der Waals surface area contributed by atoms with Crippen LogP contribution in [0.5, 0.6) is 0 Å². The summed E-state index contributed by atoms with van der Waals surface area (Å²) in [4.78, 5) is 22.1. The van der Waals surface area contributed by atoms with Gasteiger partial charge in [-0.15, -0.1) is 0 Å². The molecular weight excluding hydrogens is 514 g/mol. The van der Waals surface area contributed by atoms with Crippen molar-refractivity contribution < 1.29 is 0 Å².